The van der Waals surface area contributed by atoms with Crippen molar-refractivity contribution in [3.05, 3.63) is 11.6 Å². The van der Waals surface area contributed by atoms with Crippen molar-refractivity contribution in [3.8, 4) is 0 Å². The van der Waals surface area contributed by atoms with Gasteiger partial charge in [-0.25, -0.2) is 5.48 Å². The maximum Gasteiger partial charge on any atom is 0.270 e. The summed E-state index contributed by atoms with van der Waals surface area (Å²) in [5, 5.41) is 0. The standard InChI is InChI=1S/C10H19NO3/c1-4-5-7-14-8-6-9(2)10(12)11-13-3/h6H,4-5,7-8H2,1-3H3,(H,11,12). The Kier molecular flexibility index (Phi) is 8.17. The zero-order valence-electron chi connectivity index (χ0n) is 9.13. The molecule has 14 heavy (non-hydrogen) atoms. The first-order valence-electron chi connectivity index (χ1n) is 4.80. The predicted molar refractivity (Wildman–Crippen MR) is 54.6 cm³/mol. The van der Waals surface area contributed by atoms with Crippen molar-refractivity contribution >= 4 is 5.91 Å². The second-order valence-electron chi connectivity index (χ2n) is 2.95. The van der Waals surface area contributed by atoms with Crippen molar-refractivity contribution in [1.82, 2.24) is 5.48 Å². The Hall–Kier alpha value is -0.870. The molecule has 0 aliphatic carbocycles. The van der Waals surface area contributed by atoms with Gasteiger partial charge >= 0.3 is 0 Å². The first-order valence-corrected chi connectivity index (χ1v) is 4.80. The lowest BCUT2D eigenvalue weighted by atomic mass is 10.3. The minimum absolute atomic E-state index is 0.230. The van der Waals surface area contributed by atoms with E-state index in [4.69, 9.17) is 4.74 Å². The molecule has 0 atom stereocenters. The fraction of sp³-hybridized carbons (Fsp3) is 0.700. The van der Waals surface area contributed by atoms with Crippen LogP contribution in [0.25, 0.3) is 0 Å². The second kappa shape index (κ2) is 8.72. The minimum Gasteiger partial charge on any atom is -0.377 e. The maximum absolute atomic E-state index is 11.1. The molecule has 0 aromatic rings. The van der Waals surface area contributed by atoms with E-state index in [9.17, 15) is 4.79 Å². The van der Waals surface area contributed by atoms with Gasteiger partial charge in [0.05, 0.1) is 13.7 Å². The first kappa shape index (κ1) is 13.1. The molecule has 82 valence electrons. The van der Waals surface area contributed by atoms with Crippen molar-refractivity contribution in [2.24, 2.45) is 0 Å². The summed E-state index contributed by atoms with van der Waals surface area (Å²) in [4.78, 5) is 15.6. The molecule has 0 saturated carbocycles. The number of hydroxylamine groups is 1. The number of amides is 1. The summed E-state index contributed by atoms with van der Waals surface area (Å²) >= 11 is 0. The van der Waals surface area contributed by atoms with E-state index in [1.54, 1.807) is 13.0 Å². The van der Waals surface area contributed by atoms with Crippen LogP contribution in [-0.4, -0.2) is 26.2 Å². The molecule has 4 nitrogen and oxygen atoms in total. The van der Waals surface area contributed by atoms with E-state index in [-0.39, 0.29) is 5.91 Å². The third-order valence-electron chi connectivity index (χ3n) is 1.70. The van der Waals surface area contributed by atoms with Gasteiger partial charge in [0.15, 0.2) is 0 Å². The van der Waals surface area contributed by atoms with Gasteiger partial charge in [0.1, 0.15) is 0 Å². The second-order valence-corrected chi connectivity index (χ2v) is 2.95. The molecule has 0 bridgehead atoms. The molecule has 0 aromatic carbocycles. The van der Waals surface area contributed by atoms with E-state index in [2.05, 4.69) is 17.2 Å². The highest BCUT2D eigenvalue weighted by Gasteiger charge is 2.01. The summed E-state index contributed by atoms with van der Waals surface area (Å²) in [6.45, 7) is 5.04. The van der Waals surface area contributed by atoms with Crippen molar-refractivity contribution in [2.45, 2.75) is 26.7 Å². The zero-order chi connectivity index (χ0) is 10.8. The maximum atomic E-state index is 11.1. The number of carbonyl (C=O) groups is 1. The lowest BCUT2D eigenvalue weighted by Gasteiger charge is -2.02. The molecule has 0 aromatic heterocycles. The lowest BCUT2D eigenvalue weighted by molar-refractivity contribution is -0.127. The average Bonchev–Trinajstić information content (AvgIpc) is 2.17. The van der Waals surface area contributed by atoms with Crippen LogP contribution in [0.2, 0.25) is 0 Å². The Morgan fingerprint density at radius 2 is 2.21 bits per heavy atom. The van der Waals surface area contributed by atoms with E-state index in [0.717, 1.165) is 19.4 Å². The Labute approximate surface area is 85.2 Å². The molecule has 0 rings (SSSR count). The highest BCUT2D eigenvalue weighted by atomic mass is 16.6. The third-order valence-corrected chi connectivity index (χ3v) is 1.70. The van der Waals surface area contributed by atoms with Crippen molar-refractivity contribution in [2.75, 3.05) is 20.3 Å². The summed E-state index contributed by atoms with van der Waals surface area (Å²) < 4.78 is 5.28. The molecule has 0 saturated heterocycles. The van der Waals surface area contributed by atoms with E-state index in [0.29, 0.717) is 12.2 Å². The SMILES string of the molecule is CCCCOCC=C(C)C(=O)NOC. The Morgan fingerprint density at radius 3 is 2.79 bits per heavy atom. The number of hydrogen-bond acceptors (Lipinski definition) is 3. The van der Waals surface area contributed by atoms with E-state index in [1.165, 1.54) is 7.11 Å². The average molecular weight is 201 g/mol. The predicted octanol–water partition coefficient (Wildman–Crippen LogP) is 1.43. The van der Waals surface area contributed by atoms with Gasteiger partial charge in [0, 0.05) is 12.2 Å². The van der Waals surface area contributed by atoms with Gasteiger partial charge in [-0.15, -0.1) is 0 Å². The zero-order valence-corrected chi connectivity index (χ0v) is 9.13. The monoisotopic (exact) mass is 201 g/mol. The van der Waals surface area contributed by atoms with Gasteiger partial charge in [0.2, 0.25) is 0 Å². The van der Waals surface area contributed by atoms with Crippen LogP contribution in [0.1, 0.15) is 26.7 Å². The summed E-state index contributed by atoms with van der Waals surface area (Å²) in [7, 11) is 1.41. The Balaban J connectivity index is 3.60. The fourth-order valence-electron chi connectivity index (χ4n) is 0.780. The van der Waals surface area contributed by atoms with Crippen molar-refractivity contribution in [3.63, 3.8) is 0 Å². The lowest BCUT2D eigenvalue weighted by Crippen LogP contribution is -2.22. The third kappa shape index (κ3) is 6.62. The first-order chi connectivity index (χ1) is 6.72. The molecular weight excluding hydrogens is 182 g/mol. The van der Waals surface area contributed by atoms with E-state index in [1.807, 2.05) is 0 Å². The van der Waals surface area contributed by atoms with Gasteiger partial charge < -0.3 is 4.74 Å². The minimum atomic E-state index is -0.230. The summed E-state index contributed by atoms with van der Waals surface area (Å²) in [6, 6.07) is 0. The fourth-order valence-corrected chi connectivity index (χ4v) is 0.780. The van der Waals surface area contributed by atoms with Crippen LogP contribution in [0.5, 0.6) is 0 Å². The number of unbranched alkanes of at least 4 members (excludes halogenated alkanes) is 1. The summed E-state index contributed by atoms with van der Waals surface area (Å²) in [6.07, 6.45) is 3.91. The van der Waals surface area contributed by atoms with Gasteiger partial charge in [-0.1, -0.05) is 19.4 Å². The molecule has 1 N–H and O–H groups in total. The number of ether oxygens (including phenoxy) is 1. The molecule has 0 radical (unpaired) electrons. The number of rotatable bonds is 7. The van der Waals surface area contributed by atoms with Crippen LogP contribution in [0.15, 0.2) is 11.6 Å². The normalized spacial score (nSPS) is 11.5. The summed E-state index contributed by atoms with van der Waals surface area (Å²) in [5.41, 5.74) is 2.83. The Morgan fingerprint density at radius 1 is 1.50 bits per heavy atom. The molecule has 0 fully saturated rings. The molecule has 0 aliphatic rings. The van der Waals surface area contributed by atoms with Crippen LogP contribution < -0.4 is 5.48 Å². The molecule has 0 heterocycles. The van der Waals surface area contributed by atoms with Gasteiger partial charge in [-0.3, -0.25) is 9.63 Å². The van der Waals surface area contributed by atoms with Crippen molar-refractivity contribution < 1.29 is 14.4 Å². The van der Waals surface area contributed by atoms with Crippen molar-refractivity contribution in [1.29, 1.82) is 0 Å². The van der Waals surface area contributed by atoms with Crippen LogP contribution in [0.4, 0.5) is 0 Å². The van der Waals surface area contributed by atoms with Crippen LogP contribution >= 0.6 is 0 Å². The molecule has 0 unspecified atom stereocenters. The molecule has 4 heteroatoms. The molecule has 1 amide bonds. The highest BCUT2D eigenvalue weighted by Crippen LogP contribution is 1.94. The van der Waals surface area contributed by atoms with Gasteiger partial charge in [-0.2, -0.15) is 0 Å². The van der Waals surface area contributed by atoms with E-state index < -0.39 is 0 Å². The topological polar surface area (TPSA) is 47.6 Å². The quantitative estimate of drug-likeness (QED) is 0.385. The summed E-state index contributed by atoms with van der Waals surface area (Å²) in [5.74, 6) is -0.230. The van der Waals surface area contributed by atoms with Crippen LogP contribution in [-0.2, 0) is 14.4 Å². The van der Waals surface area contributed by atoms with Crippen LogP contribution in [0, 0.1) is 0 Å². The Bertz CT molecular complexity index is 190. The largest absolute Gasteiger partial charge is 0.377 e. The van der Waals surface area contributed by atoms with Gasteiger partial charge in [-0.05, 0) is 13.3 Å². The molecular formula is C10H19NO3. The number of nitrogens with one attached hydrogen (secondary N) is 1. The number of hydrogen-bond donors (Lipinski definition) is 1. The molecule has 0 spiro atoms. The van der Waals surface area contributed by atoms with Crippen LogP contribution in [0.3, 0.4) is 0 Å². The van der Waals surface area contributed by atoms with E-state index >= 15 is 0 Å². The van der Waals surface area contributed by atoms with Gasteiger partial charge in [0.25, 0.3) is 5.91 Å². The number of carbonyl (C=O) groups excluding carboxylic acids is 1. The highest BCUT2D eigenvalue weighted by molar-refractivity contribution is 5.91. The smallest absolute Gasteiger partial charge is 0.270 e. The molecule has 0 aliphatic heterocycles.